The van der Waals surface area contributed by atoms with Crippen LogP contribution in [0, 0.1) is 5.92 Å². The first-order valence-electron chi connectivity index (χ1n) is 6.41. The highest BCUT2D eigenvalue weighted by molar-refractivity contribution is 5.89. The fourth-order valence-electron chi connectivity index (χ4n) is 2.37. The van der Waals surface area contributed by atoms with Crippen molar-refractivity contribution in [2.24, 2.45) is 5.92 Å². The van der Waals surface area contributed by atoms with E-state index in [0.717, 1.165) is 30.8 Å². The van der Waals surface area contributed by atoms with Crippen LogP contribution in [0.5, 0.6) is 0 Å². The van der Waals surface area contributed by atoms with Crippen LogP contribution >= 0.6 is 0 Å². The first-order chi connectivity index (χ1) is 9.13. The number of fused-ring (bicyclic) bond motifs is 1. The maximum atomic E-state index is 11.0. The van der Waals surface area contributed by atoms with Gasteiger partial charge in [0.25, 0.3) is 0 Å². The Kier molecular flexibility index (Phi) is 2.81. The highest BCUT2D eigenvalue weighted by Crippen LogP contribution is 2.22. The van der Waals surface area contributed by atoms with Gasteiger partial charge in [0.1, 0.15) is 5.82 Å². The molecule has 0 radical (unpaired) electrons. The third-order valence-electron chi connectivity index (χ3n) is 3.48. The maximum Gasteiger partial charge on any atom is 0.335 e. The summed E-state index contributed by atoms with van der Waals surface area (Å²) in [6, 6.07) is 6.76. The summed E-state index contributed by atoms with van der Waals surface area (Å²) in [5.41, 5.74) is 1.02. The molecule has 1 aliphatic heterocycles. The van der Waals surface area contributed by atoms with E-state index in [1.807, 2.05) is 10.7 Å². The number of aromatic carboxylic acids is 1. The molecule has 2 aromatic rings. The molecular weight excluding hydrogens is 242 g/mol. The van der Waals surface area contributed by atoms with E-state index in [9.17, 15) is 4.79 Å². The van der Waals surface area contributed by atoms with Gasteiger partial charge in [-0.1, -0.05) is 19.1 Å². The summed E-state index contributed by atoms with van der Waals surface area (Å²) in [6.45, 7) is 3.10. The zero-order valence-electron chi connectivity index (χ0n) is 10.7. The van der Waals surface area contributed by atoms with E-state index < -0.39 is 5.97 Å². The smallest absolute Gasteiger partial charge is 0.335 e. The van der Waals surface area contributed by atoms with Gasteiger partial charge in [0.05, 0.1) is 5.56 Å². The van der Waals surface area contributed by atoms with Gasteiger partial charge in [-0.2, -0.15) is 5.10 Å². The second-order valence-corrected chi connectivity index (χ2v) is 5.06. The minimum Gasteiger partial charge on any atom is -0.478 e. The van der Waals surface area contributed by atoms with Crippen LogP contribution in [-0.4, -0.2) is 25.8 Å². The quantitative estimate of drug-likeness (QED) is 0.895. The number of hydrogen-bond acceptors (Lipinski definition) is 3. The Morgan fingerprint density at radius 2 is 2.32 bits per heavy atom. The fraction of sp³-hybridized carbons (Fsp3) is 0.357. The third-order valence-corrected chi connectivity index (χ3v) is 3.48. The SMILES string of the molecule is CC1CCn2nc(-c3cccc(C(=O)O)c3)nc2C1. The van der Waals surface area contributed by atoms with Crippen molar-refractivity contribution in [1.82, 2.24) is 14.8 Å². The molecule has 1 aromatic carbocycles. The molecule has 0 aliphatic carbocycles. The summed E-state index contributed by atoms with van der Waals surface area (Å²) in [6.07, 6.45) is 2.05. The fourth-order valence-corrected chi connectivity index (χ4v) is 2.37. The molecule has 0 saturated carbocycles. The Morgan fingerprint density at radius 3 is 3.11 bits per heavy atom. The molecule has 1 N–H and O–H groups in total. The van der Waals surface area contributed by atoms with Gasteiger partial charge in [-0.05, 0) is 24.5 Å². The van der Waals surface area contributed by atoms with Crippen molar-refractivity contribution in [3.8, 4) is 11.4 Å². The van der Waals surface area contributed by atoms with Crippen molar-refractivity contribution in [2.75, 3.05) is 0 Å². The Hall–Kier alpha value is -2.17. The molecule has 0 spiro atoms. The lowest BCUT2D eigenvalue weighted by atomic mass is 10.0. The molecule has 1 unspecified atom stereocenters. The van der Waals surface area contributed by atoms with Crippen LogP contribution < -0.4 is 0 Å². The van der Waals surface area contributed by atoms with Crippen LogP contribution in [0.2, 0.25) is 0 Å². The van der Waals surface area contributed by atoms with Crippen molar-refractivity contribution in [2.45, 2.75) is 26.3 Å². The van der Waals surface area contributed by atoms with Crippen molar-refractivity contribution in [1.29, 1.82) is 0 Å². The predicted molar refractivity (Wildman–Crippen MR) is 69.9 cm³/mol. The molecule has 3 rings (SSSR count). The van der Waals surface area contributed by atoms with Gasteiger partial charge < -0.3 is 5.11 Å². The number of carboxylic acids is 1. The monoisotopic (exact) mass is 257 g/mol. The van der Waals surface area contributed by atoms with E-state index in [-0.39, 0.29) is 5.56 Å². The molecule has 19 heavy (non-hydrogen) atoms. The average Bonchev–Trinajstić information content (AvgIpc) is 2.81. The minimum atomic E-state index is -0.931. The summed E-state index contributed by atoms with van der Waals surface area (Å²) < 4.78 is 1.93. The first-order valence-corrected chi connectivity index (χ1v) is 6.41. The number of carboxylic acid groups (broad SMARTS) is 1. The zero-order chi connectivity index (χ0) is 13.4. The van der Waals surface area contributed by atoms with Gasteiger partial charge in [0.2, 0.25) is 0 Å². The van der Waals surface area contributed by atoms with Crippen molar-refractivity contribution in [3.63, 3.8) is 0 Å². The lowest BCUT2D eigenvalue weighted by Crippen LogP contribution is -2.18. The summed E-state index contributed by atoms with van der Waals surface area (Å²) in [5, 5.41) is 13.5. The Morgan fingerprint density at radius 1 is 1.47 bits per heavy atom. The van der Waals surface area contributed by atoms with Crippen molar-refractivity contribution >= 4 is 5.97 Å². The van der Waals surface area contributed by atoms with Crippen LogP contribution in [0.3, 0.4) is 0 Å². The third kappa shape index (κ3) is 2.23. The molecule has 5 nitrogen and oxygen atoms in total. The van der Waals surface area contributed by atoms with Gasteiger partial charge in [-0.15, -0.1) is 0 Å². The van der Waals surface area contributed by atoms with E-state index >= 15 is 0 Å². The van der Waals surface area contributed by atoms with Crippen LogP contribution in [0.4, 0.5) is 0 Å². The van der Waals surface area contributed by atoms with Crippen molar-refractivity contribution < 1.29 is 9.90 Å². The average molecular weight is 257 g/mol. The second-order valence-electron chi connectivity index (χ2n) is 5.06. The number of nitrogens with zero attached hydrogens (tertiary/aromatic N) is 3. The Balaban J connectivity index is 1.99. The number of rotatable bonds is 2. The minimum absolute atomic E-state index is 0.263. The largest absolute Gasteiger partial charge is 0.478 e. The molecular formula is C14H15N3O2. The Bertz CT molecular complexity index is 633. The molecule has 0 bridgehead atoms. The summed E-state index contributed by atoms with van der Waals surface area (Å²) in [5.74, 6) is 1.32. The summed E-state index contributed by atoms with van der Waals surface area (Å²) >= 11 is 0. The molecule has 0 amide bonds. The van der Waals surface area contributed by atoms with E-state index in [2.05, 4.69) is 17.0 Å². The summed E-state index contributed by atoms with van der Waals surface area (Å²) in [4.78, 5) is 15.5. The van der Waals surface area contributed by atoms with E-state index in [4.69, 9.17) is 5.11 Å². The maximum absolute atomic E-state index is 11.0. The molecule has 0 fully saturated rings. The lowest BCUT2D eigenvalue weighted by Gasteiger charge is -2.17. The van der Waals surface area contributed by atoms with E-state index in [0.29, 0.717) is 11.7 Å². The number of hydrogen-bond donors (Lipinski definition) is 1. The highest BCUT2D eigenvalue weighted by Gasteiger charge is 2.19. The number of benzene rings is 1. The topological polar surface area (TPSA) is 68.0 Å². The van der Waals surface area contributed by atoms with E-state index in [1.165, 1.54) is 0 Å². The molecule has 1 aromatic heterocycles. The molecule has 2 heterocycles. The number of carbonyl (C=O) groups is 1. The lowest BCUT2D eigenvalue weighted by molar-refractivity contribution is 0.0697. The molecule has 1 aliphatic rings. The number of aryl methyl sites for hydroxylation is 1. The predicted octanol–water partition coefficient (Wildman–Crippen LogP) is 2.23. The van der Waals surface area contributed by atoms with Crippen LogP contribution in [0.1, 0.15) is 29.5 Å². The Labute approximate surface area is 110 Å². The highest BCUT2D eigenvalue weighted by atomic mass is 16.4. The zero-order valence-corrected chi connectivity index (χ0v) is 10.7. The normalized spacial score (nSPS) is 18.1. The van der Waals surface area contributed by atoms with Crippen LogP contribution in [0.25, 0.3) is 11.4 Å². The molecule has 5 heteroatoms. The number of aromatic nitrogens is 3. The van der Waals surface area contributed by atoms with Gasteiger partial charge in [-0.25, -0.2) is 14.5 Å². The molecule has 0 saturated heterocycles. The standard InChI is InChI=1S/C14H15N3O2/c1-9-5-6-17-12(7-9)15-13(16-17)10-3-2-4-11(8-10)14(18)19/h2-4,8-9H,5-7H2,1H3,(H,18,19). The van der Waals surface area contributed by atoms with Gasteiger partial charge >= 0.3 is 5.97 Å². The van der Waals surface area contributed by atoms with Gasteiger partial charge in [-0.3, -0.25) is 0 Å². The molecule has 98 valence electrons. The molecule has 1 atom stereocenters. The van der Waals surface area contributed by atoms with E-state index in [1.54, 1.807) is 18.2 Å². The van der Waals surface area contributed by atoms with Crippen LogP contribution in [0.15, 0.2) is 24.3 Å². The summed E-state index contributed by atoms with van der Waals surface area (Å²) in [7, 11) is 0. The second kappa shape index (κ2) is 4.50. The van der Waals surface area contributed by atoms with Crippen molar-refractivity contribution in [3.05, 3.63) is 35.7 Å². The van der Waals surface area contributed by atoms with Gasteiger partial charge in [0, 0.05) is 18.5 Å². The van der Waals surface area contributed by atoms with Gasteiger partial charge in [0.15, 0.2) is 5.82 Å². The van der Waals surface area contributed by atoms with Crippen LogP contribution in [-0.2, 0) is 13.0 Å². The first kappa shape index (κ1) is 11.9.